The molecule has 0 aliphatic heterocycles. The standard InChI is InChI=1S/C14H14N2S2/c1-2-15-13(14-16-7-8-17-14)11-9-18-12-6-4-3-5-10(11)12/h3-9,13,15H,2H2,1H3. The number of thiophene rings is 1. The number of aromatic nitrogens is 1. The van der Waals surface area contributed by atoms with Gasteiger partial charge in [0.1, 0.15) is 5.01 Å². The lowest BCUT2D eigenvalue weighted by Gasteiger charge is -2.14. The van der Waals surface area contributed by atoms with Gasteiger partial charge in [0.05, 0.1) is 6.04 Å². The summed E-state index contributed by atoms with van der Waals surface area (Å²) >= 11 is 3.51. The fourth-order valence-corrected chi connectivity index (χ4v) is 3.85. The number of nitrogens with zero attached hydrogens (tertiary/aromatic N) is 1. The van der Waals surface area contributed by atoms with Gasteiger partial charge in [-0.2, -0.15) is 0 Å². The average molecular weight is 274 g/mol. The van der Waals surface area contributed by atoms with E-state index in [0.717, 1.165) is 11.6 Å². The van der Waals surface area contributed by atoms with Crippen molar-refractivity contribution in [2.75, 3.05) is 6.54 Å². The van der Waals surface area contributed by atoms with Crippen LogP contribution in [0.1, 0.15) is 23.5 Å². The van der Waals surface area contributed by atoms with Crippen LogP contribution in [0.4, 0.5) is 0 Å². The molecule has 18 heavy (non-hydrogen) atoms. The quantitative estimate of drug-likeness (QED) is 0.776. The Bertz CT molecular complexity index is 628. The molecule has 92 valence electrons. The van der Waals surface area contributed by atoms with Crippen molar-refractivity contribution >= 4 is 32.8 Å². The SMILES string of the molecule is CCNC(c1nccs1)c1csc2ccccc12. The molecule has 0 saturated carbocycles. The zero-order valence-corrected chi connectivity index (χ0v) is 11.7. The molecule has 1 atom stereocenters. The molecular weight excluding hydrogens is 260 g/mol. The highest BCUT2D eigenvalue weighted by atomic mass is 32.1. The largest absolute Gasteiger partial charge is 0.304 e. The fourth-order valence-electron chi connectivity index (χ4n) is 2.13. The van der Waals surface area contributed by atoms with Gasteiger partial charge in [-0.05, 0) is 28.9 Å². The number of fused-ring (bicyclic) bond motifs is 1. The van der Waals surface area contributed by atoms with Crippen LogP contribution in [0.25, 0.3) is 10.1 Å². The maximum atomic E-state index is 4.46. The van der Waals surface area contributed by atoms with Crippen molar-refractivity contribution in [1.29, 1.82) is 0 Å². The van der Waals surface area contributed by atoms with E-state index in [1.807, 2.05) is 11.6 Å². The number of hydrogen-bond acceptors (Lipinski definition) is 4. The predicted molar refractivity (Wildman–Crippen MR) is 79.5 cm³/mol. The van der Waals surface area contributed by atoms with E-state index in [0.29, 0.717) is 0 Å². The summed E-state index contributed by atoms with van der Waals surface area (Å²) < 4.78 is 1.34. The van der Waals surface area contributed by atoms with Crippen molar-refractivity contribution in [3.05, 3.63) is 51.8 Å². The minimum Gasteiger partial charge on any atom is -0.304 e. The molecule has 2 nitrogen and oxygen atoms in total. The molecule has 0 aliphatic rings. The first kappa shape index (κ1) is 11.8. The van der Waals surface area contributed by atoms with Crippen LogP contribution >= 0.6 is 22.7 Å². The van der Waals surface area contributed by atoms with Crippen molar-refractivity contribution in [3.63, 3.8) is 0 Å². The van der Waals surface area contributed by atoms with Crippen LogP contribution in [0.5, 0.6) is 0 Å². The Hall–Kier alpha value is -1.23. The Kier molecular flexibility index (Phi) is 3.41. The topological polar surface area (TPSA) is 24.9 Å². The normalized spacial score (nSPS) is 12.9. The smallest absolute Gasteiger partial charge is 0.114 e. The molecule has 2 aromatic heterocycles. The van der Waals surface area contributed by atoms with Crippen molar-refractivity contribution in [3.8, 4) is 0 Å². The highest BCUT2D eigenvalue weighted by Crippen LogP contribution is 2.33. The molecule has 0 fully saturated rings. The van der Waals surface area contributed by atoms with Crippen molar-refractivity contribution in [2.45, 2.75) is 13.0 Å². The second kappa shape index (κ2) is 5.18. The lowest BCUT2D eigenvalue weighted by Crippen LogP contribution is -2.21. The summed E-state index contributed by atoms with van der Waals surface area (Å²) in [6.45, 7) is 3.07. The summed E-state index contributed by atoms with van der Waals surface area (Å²) in [5, 5.41) is 10.3. The predicted octanol–water partition coefficient (Wildman–Crippen LogP) is 4.06. The summed E-state index contributed by atoms with van der Waals surface area (Å²) in [4.78, 5) is 4.46. The van der Waals surface area contributed by atoms with Crippen LogP contribution in [-0.4, -0.2) is 11.5 Å². The molecule has 0 radical (unpaired) electrons. The van der Waals surface area contributed by atoms with E-state index in [9.17, 15) is 0 Å². The summed E-state index contributed by atoms with van der Waals surface area (Å²) in [6.07, 6.45) is 1.87. The lowest BCUT2D eigenvalue weighted by molar-refractivity contribution is 0.632. The third-order valence-corrected chi connectivity index (χ3v) is 4.75. The Morgan fingerprint density at radius 1 is 1.28 bits per heavy atom. The van der Waals surface area contributed by atoms with Gasteiger partial charge in [-0.1, -0.05) is 25.1 Å². The van der Waals surface area contributed by atoms with Gasteiger partial charge in [0.25, 0.3) is 0 Å². The Morgan fingerprint density at radius 2 is 2.17 bits per heavy atom. The zero-order valence-electron chi connectivity index (χ0n) is 10.1. The molecule has 0 amide bonds. The van der Waals surface area contributed by atoms with Gasteiger partial charge in [0.2, 0.25) is 0 Å². The van der Waals surface area contributed by atoms with E-state index in [2.05, 4.69) is 46.9 Å². The highest BCUT2D eigenvalue weighted by Gasteiger charge is 2.18. The summed E-state index contributed by atoms with van der Waals surface area (Å²) in [5.74, 6) is 0. The van der Waals surface area contributed by atoms with E-state index in [4.69, 9.17) is 0 Å². The van der Waals surface area contributed by atoms with Crippen LogP contribution < -0.4 is 5.32 Å². The van der Waals surface area contributed by atoms with Crippen molar-refractivity contribution < 1.29 is 0 Å². The van der Waals surface area contributed by atoms with Gasteiger partial charge < -0.3 is 5.32 Å². The van der Waals surface area contributed by atoms with Crippen LogP contribution in [0.2, 0.25) is 0 Å². The Labute approximate surface area is 114 Å². The highest BCUT2D eigenvalue weighted by molar-refractivity contribution is 7.17. The molecule has 3 aromatic rings. The van der Waals surface area contributed by atoms with E-state index < -0.39 is 0 Å². The molecule has 0 saturated heterocycles. The van der Waals surface area contributed by atoms with Gasteiger partial charge >= 0.3 is 0 Å². The van der Waals surface area contributed by atoms with Gasteiger partial charge in [-0.15, -0.1) is 22.7 Å². The number of thiazole rings is 1. The number of benzene rings is 1. The minimum absolute atomic E-state index is 0.214. The molecule has 1 unspecified atom stereocenters. The molecule has 1 N–H and O–H groups in total. The Morgan fingerprint density at radius 3 is 2.94 bits per heavy atom. The second-order valence-electron chi connectivity index (χ2n) is 4.05. The third kappa shape index (κ3) is 2.07. The van der Waals surface area contributed by atoms with Crippen LogP contribution in [0.15, 0.2) is 41.2 Å². The second-order valence-corrected chi connectivity index (χ2v) is 5.89. The maximum Gasteiger partial charge on any atom is 0.114 e. The van der Waals surface area contributed by atoms with E-state index in [1.165, 1.54) is 15.6 Å². The molecule has 3 rings (SSSR count). The third-order valence-electron chi connectivity index (χ3n) is 2.93. The fraction of sp³-hybridized carbons (Fsp3) is 0.214. The van der Waals surface area contributed by atoms with Gasteiger partial charge in [0, 0.05) is 16.3 Å². The zero-order chi connectivity index (χ0) is 12.4. The molecule has 1 aromatic carbocycles. The summed E-state index contributed by atoms with van der Waals surface area (Å²) in [7, 11) is 0. The van der Waals surface area contributed by atoms with Crippen molar-refractivity contribution in [2.24, 2.45) is 0 Å². The number of rotatable bonds is 4. The average Bonchev–Trinajstić information content (AvgIpc) is 3.06. The summed E-state index contributed by atoms with van der Waals surface area (Å²) in [5.41, 5.74) is 1.34. The first-order valence-electron chi connectivity index (χ1n) is 5.99. The van der Waals surface area contributed by atoms with Crippen LogP contribution in [0, 0.1) is 0 Å². The van der Waals surface area contributed by atoms with Crippen LogP contribution in [0.3, 0.4) is 0 Å². The van der Waals surface area contributed by atoms with E-state index >= 15 is 0 Å². The summed E-state index contributed by atoms with van der Waals surface area (Å²) in [6, 6.07) is 8.77. The molecule has 4 heteroatoms. The Balaban J connectivity index is 2.10. The van der Waals surface area contributed by atoms with E-state index in [1.54, 1.807) is 22.7 Å². The monoisotopic (exact) mass is 274 g/mol. The van der Waals surface area contributed by atoms with E-state index in [-0.39, 0.29) is 6.04 Å². The molecule has 0 bridgehead atoms. The minimum atomic E-state index is 0.214. The van der Waals surface area contributed by atoms with Gasteiger partial charge in [-0.25, -0.2) is 4.98 Å². The van der Waals surface area contributed by atoms with Gasteiger partial charge in [-0.3, -0.25) is 0 Å². The molecular formula is C14H14N2S2. The van der Waals surface area contributed by atoms with Crippen LogP contribution in [-0.2, 0) is 0 Å². The molecule has 0 spiro atoms. The lowest BCUT2D eigenvalue weighted by atomic mass is 10.1. The number of nitrogens with one attached hydrogen (secondary N) is 1. The van der Waals surface area contributed by atoms with Gasteiger partial charge in [0.15, 0.2) is 0 Å². The van der Waals surface area contributed by atoms with Crippen molar-refractivity contribution in [1.82, 2.24) is 10.3 Å². The molecule has 2 heterocycles. The first-order valence-corrected chi connectivity index (χ1v) is 7.75. The number of hydrogen-bond donors (Lipinski definition) is 1. The first-order chi connectivity index (χ1) is 8.90. The molecule has 0 aliphatic carbocycles. The maximum absolute atomic E-state index is 4.46.